The van der Waals surface area contributed by atoms with Crippen LogP contribution in [-0.4, -0.2) is 42.7 Å². The van der Waals surface area contributed by atoms with Gasteiger partial charge in [0.1, 0.15) is 0 Å². The van der Waals surface area contributed by atoms with Gasteiger partial charge in [0.2, 0.25) is 0 Å². The van der Waals surface area contributed by atoms with Gasteiger partial charge in [0.15, 0.2) is 5.13 Å². The quantitative estimate of drug-likeness (QED) is 0.701. The summed E-state index contributed by atoms with van der Waals surface area (Å²) < 4.78 is 5.45. The molecule has 1 aliphatic heterocycles. The number of aromatic nitrogens is 1. The summed E-state index contributed by atoms with van der Waals surface area (Å²) in [6.45, 7) is 4.78. The van der Waals surface area contributed by atoms with Crippen molar-refractivity contribution < 1.29 is 4.74 Å². The normalized spacial score (nSPS) is 15.1. The van der Waals surface area contributed by atoms with Gasteiger partial charge in [-0.25, -0.2) is 4.98 Å². The molecule has 4 nitrogen and oxygen atoms in total. The molecule has 134 valence electrons. The lowest BCUT2D eigenvalue weighted by molar-refractivity contribution is 0.0385. The molecule has 0 spiro atoms. The van der Waals surface area contributed by atoms with Gasteiger partial charge in [0.25, 0.3) is 0 Å². The monoisotopic (exact) mass is 365 g/mol. The van der Waals surface area contributed by atoms with Crippen LogP contribution >= 0.6 is 11.3 Å². The van der Waals surface area contributed by atoms with Crippen molar-refractivity contribution in [2.24, 2.45) is 0 Å². The third-order valence-corrected chi connectivity index (χ3v) is 5.56. The molecular formula is C21H23N3OS. The Morgan fingerprint density at radius 2 is 1.65 bits per heavy atom. The first-order chi connectivity index (χ1) is 12.9. The van der Waals surface area contributed by atoms with Crippen molar-refractivity contribution >= 4 is 22.2 Å². The molecule has 26 heavy (non-hydrogen) atoms. The second kappa shape index (κ2) is 8.45. The average molecular weight is 366 g/mol. The Balaban J connectivity index is 1.55. The Bertz CT molecular complexity index is 814. The number of anilines is 2. The van der Waals surface area contributed by atoms with E-state index in [4.69, 9.17) is 9.72 Å². The summed E-state index contributed by atoms with van der Waals surface area (Å²) in [7, 11) is 0. The average Bonchev–Trinajstić information content (AvgIpc) is 3.11. The van der Waals surface area contributed by atoms with E-state index in [0.717, 1.165) is 55.8 Å². The highest BCUT2D eigenvalue weighted by Crippen LogP contribution is 2.33. The van der Waals surface area contributed by atoms with E-state index in [0.29, 0.717) is 0 Å². The zero-order valence-electron chi connectivity index (χ0n) is 14.7. The minimum absolute atomic E-state index is 0.842. The van der Waals surface area contributed by atoms with Crippen LogP contribution in [-0.2, 0) is 11.2 Å². The standard InChI is InChI=1S/C21H23N3OS/c1-3-7-17(8-4-1)20-19(11-12-24-13-15-25-16-14-24)26-21(23-20)22-18-9-5-2-6-10-18/h1-10H,11-16H2,(H,22,23). The Hall–Kier alpha value is -2.21. The van der Waals surface area contributed by atoms with Crippen LogP contribution in [0.15, 0.2) is 60.7 Å². The first-order valence-electron chi connectivity index (χ1n) is 9.06. The van der Waals surface area contributed by atoms with Crippen molar-refractivity contribution in [1.29, 1.82) is 0 Å². The molecule has 4 rings (SSSR count). The Morgan fingerprint density at radius 3 is 2.38 bits per heavy atom. The van der Waals surface area contributed by atoms with Crippen LogP contribution in [0.25, 0.3) is 11.3 Å². The number of ether oxygens (including phenoxy) is 1. The van der Waals surface area contributed by atoms with Gasteiger partial charge in [-0.15, -0.1) is 11.3 Å². The van der Waals surface area contributed by atoms with E-state index in [2.05, 4.69) is 46.6 Å². The number of nitrogens with one attached hydrogen (secondary N) is 1. The van der Waals surface area contributed by atoms with Crippen molar-refractivity contribution in [3.63, 3.8) is 0 Å². The van der Waals surface area contributed by atoms with E-state index in [9.17, 15) is 0 Å². The molecule has 0 radical (unpaired) electrons. The van der Waals surface area contributed by atoms with Crippen molar-refractivity contribution in [3.8, 4) is 11.3 Å². The van der Waals surface area contributed by atoms with Crippen LogP contribution in [0.1, 0.15) is 4.88 Å². The van der Waals surface area contributed by atoms with Crippen molar-refractivity contribution in [2.75, 3.05) is 38.2 Å². The lowest BCUT2D eigenvalue weighted by Crippen LogP contribution is -2.37. The van der Waals surface area contributed by atoms with Gasteiger partial charge in [-0.1, -0.05) is 48.5 Å². The minimum atomic E-state index is 0.842. The number of benzene rings is 2. The predicted molar refractivity (Wildman–Crippen MR) is 108 cm³/mol. The maximum absolute atomic E-state index is 5.45. The highest BCUT2D eigenvalue weighted by Gasteiger charge is 2.16. The van der Waals surface area contributed by atoms with E-state index in [1.807, 2.05) is 24.3 Å². The van der Waals surface area contributed by atoms with Gasteiger partial charge >= 0.3 is 0 Å². The number of rotatable bonds is 6. The molecule has 5 heteroatoms. The maximum atomic E-state index is 5.45. The van der Waals surface area contributed by atoms with E-state index in [-0.39, 0.29) is 0 Å². The highest BCUT2D eigenvalue weighted by molar-refractivity contribution is 7.16. The second-order valence-corrected chi connectivity index (χ2v) is 7.44. The number of hydrogen-bond donors (Lipinski definition) is 1. The van der Waals surface area contributed by atoms with Crippen molar-refractivity contribution in [3.05, 3.63) is 65.5 Å². The van der Waals surface area contributed by atoms with E-state index in [1.54, 1.807) is 11.3 Å². The molecule has 1 fully saturated rings. The number of thiazole rings is 1. The molecule has 1 saturated heterocycles. The van der Waals surface area contributed by atoms with Crippen LogP contribution in [0.5, 0.6) is 0 Å². The molecule has 0 aliphatic carbocycles. The molecule has 2 aromatic carbocycles. The molecule has 1 aromatic heterocycles. The lowest BCUT2D eigenvalue weighted by Gasteiger charge is -2.26. The summed E-state index contributed by atoms with van der Waals surface area (Å²) in [5.41, 5.74) is 3.35. The predicted octanol–water partition coefficient (Wildman–Crippen LogP) is 4.43. The fourth-order valence-corrected chi connectivity index (χ4v) is 4.12. The Labute approximate surface area is 158 Å². The van der Waals surface area contributed by atoms with Crippen LogP contribution in [0.3, 0.4) is 0 Å². The Morgan fingerprint density at radius 1 is 0.962 bits per heavy atom. The summed E-state index contributed by atoms with van der Waals surface area (Å²) in [5.74, 6) is 0. The van der Waals surface area contributed by atoms with Crippen molar-refractivity contribution in [1.82, 2.24) is 9.88 Å². The van der Waals surface area contributed by atoms with Crippen LogP contribution in [0.4, 0.5) is 10.8 Å². The van der Waals surface area contributed by atoms with Gasteiger partial charge in [-0.05, 0) is 18.6 Å². The molecule has 3 aromatic rings. The van der Waals surface area contributed by atoms with Gasteiger partial charge in [0, 0.05) is 35.8 Å². The molecular weight excluding hydrogens is 342 g/mol. The lowest BCUT2D eigenvalue weighted by atomic mass is 10.1. The summed E-state index contributed by atoms with van der Waals surface area (Å²) >= 11 is 1.76. The van der Waals surface area contributed by atoms with E-state index < -0.39 is 0 Å². The number of hydrogen-bond acceptors (Lipinski definition) is 5. The molecule has 1 aliphatic rings. The van der Waals surface area contributed by atoms with Gasteiger partial charge < -0.3 is 10.1 Å². The summed E-state index contributed by atoms with van der Waals surface area (Å²) in [6, 6.07) is 20.7. The topological polar surface area (TPSA) is 37.4 Å². The molecule has 0 atom stereocenters. The zero-order valence-corrected chi connectivity index (χ0v) is 15.5. The molecule has 0 unspecified atom stereocenters. The van der Waals surface area contributed by atoms with E-state index >= 15 is 0 Å². The maximum Gasteiger partial charge on any atom is 0.187 e. The van der Waals surface area contributed by atoms with Gasteiger partial charge in [-0.2, -0.15) is 0 Å². The zero-order chi connectivity index (χ0) is 17.6. The van der Waals surface area contributed by atoms with Crippen LogP contribution < -0.4 is 5.32 Å². The minimum Gasteiger partial charge on any atom is -0.379 e. The molecule has 2 heterocycles. The molecule has 0 saturated carbocycles. The first-order valence-corrected chi connectivity index (χ1v) is 9.87. The van der Waals surface area contributed by atoms with E-state index in [1.165, 1.54) is 10.4 Å². The van der Waals surface area contributed by atoms with Gasteiger partial charge in [-0.3, -0.25) is 4.90 Å². The van der Waals surface area contributed by atoms with Crippen molar-refractivity contribution in [2.45, 2.75) is 6.42 Å². The molecule has 0 bridgehead atoms. The number of para-hydroxylation sites is 1. The largest absolute Gasteiger partial charge is 0.379 e. The number of morpholine rings is 1. The third kappa shape index (κ3) is 4.30. The fourth-order valence-electron chi connectivity index (χ4n) is 3.13. The molecule has 1 N–H and O–H groups in total. The Kier molecular flexibility index (Phi) is 5.59. The summed E-state index contributed by atoms with van der Waals surface area (Å²) in [5, 5.41) is 4.40. The van der Waals surface area contributed by atoms with Gasteiger partial charge in [0.05, 0.1) is 18.9 Å². The summed E-state index contributed by atoms with van der Waals surface area (Å²) in [6.07, 6.45) is 1.01. The highest BCUT2D eigenvalue weighted by atomic mass is 32.1. The molecule has 0 amide bonds. The first kappa shape index (κ1) is 17.2. The smallest absolute Gasteiger partial charge is 0.187 e. The SMILES string of the molecule is c1ccc(Nc2nc(-c3ccccc3)c(CCN3CCOCC3)s2)cc1. The second-order valence-electron chi connectivity index (χ2n) is 6.35. The van der Waals surface area contributed by atoms with Crippen LogP contribution in [0, 0.1) is 0 Å². The van der Waals surface area contributed by atoms with Crippen LogP contribution in [0.2, 0.25) is 0 Å². The summed E-state index contributed by atoms with van der Waals surface area (Å²) in [4.78, 5) is 8.71. The fraction of sp³-hybridized carbons (Fsp3) is 0.286. The number of nitrogens with zero attached hydrogens (tertiary/aromatic N) is 2. The third-order valence-electron chi connectivity index (χ3n) is 4.53.